The number of carbonyl (C=O) groups is 2. The van der Waals surface area contributed by atoms with Crippen molar-refractivity contribution in [2.24, 2.45) is 0 Å². The fraction of sp³-hybridized carbons (Fsp3) is 0.444. The van der Waals surface area contributed by atoms with Crippen LogP contribution in [0, 0.1) is 0 Å². The molecule has 1 N–H and O–H groups in total. The van der Waals surface area contributed by atoms with Crippen molar-refractivity contribution in [2.45, 2.75) is 31.0 Å². The first-order chi connectivity index (χ1) is 12.7. The van der Waals surface area contributed by atoms with Gasteiger partial charge in [0, 0.05) is 19.6 Å². The molecule has 1 aliphatic heterocycles. The number of benzene rings is 1. The van der Waals surface area contributed by atoms with E-state index in [0.29, 0.717) is 13.1 Å². The molecule has 8 nitrogen and oxygen atoms in total. The van der Waals surface area contributed by atoms with Crippen molar-refractivity contribution in [3.8, 4) is 0 Å². The van der Waals surface area contributed by atoms with Gasteiger partial charge in [-0.2, -0.15) is 0 Å². The van der Waals surface area contributed by atoms with Gasteiger partial charge in [-0.1, -0.05) is 6.08 Å². The van der Waals surface area contributed by atoms with Gasteiger partial charge in [0.1, 0.15) is 0 Å². The van der Waals surface area contributed by atoms with Gasteiger partial charge in [-0.15, -0.1) is 6.58 Å². The molecule has 1 amide bonds. The first kappa shape index (κ1) is 21.1. The number of nitrogens with one attached hydrogen (secondary N) is 1. The predicted octanol–water partition coefficient (Wildman–Crippen LogP) is 0.944. The number of rotatable bonds is 7. The molecule has 2 atom stereocenters. The van der Waals surface area contributed by atoms with Crippen LogP contribution in [0.1, 0.15) is 24.2 Å². The minimum Gasteiger partial charge on any atom is -0.452 e. The Morgan fingerprint density at radius 1 is 1.26 bits per heavy atom. The molecule has 9 heteroatoms. The second kappa shape index (κ2) is 9.12. The highest BCUT2D eigenvalue weighted by molar-refractivity contribution is 7.89. The summed E-state index contributed by atoms with van der Waals surface area (Å²) in [6.07, 6.45) is 1.28. The molecule has 2 rings (SSSR count). The Bertz CT molecular complexity index is 781. The Kier molecular flexibility index (Phi) is 7.11. The minimum atomic E-state index is -3.66. The molecule has 0 radical (unpaired) electrons. The van der Waals surface area contributed by atoms with Crippen molar-refractivity contribution >= 4 is 21.9 Å². The van der Waals surface area contributed by atoms with E-state index in [1.54, 1.807) is 4.90 Å². The second-order valence-electron chi connectivity index (χ2n) is 6.30. The van der Waals surface area contributed by atoms with E-state index < -0.39 is 16.0 Å². The Balaban J connectivity index is 1.92. The van der Waals surface area contributed by atoms with Crippen LogP contribution >= 0.6 is 0 Å². The number of ether oxygens (including phenoxy) is 2. The lowest BCUT2D eigenvalue weighted by Crippen LogP contribution is -2.49. The summed E-state index contributed by atoms with van der Waals surface area (Å²) in [6, 6.07) is 5.28. The highest BCUT2D eigenvalue weighted by atomic mass is 32.2. The summed E-state index contributed by atoms with van der Waals surface area (Å²) in [5.41, 5.74) is 0.161. The molecule has 148 valence electrons. The van der Waals surface area contributed by atoms with E-state index in [9.17, 15) is 18.0 Å². The number of hydrogen-bond donors (Lipinski definition) is 1. The number of amides is 1. The predicted molar refractivity (Wildman–Crippen MR) is 98.7 cm³/mol. The van der Waals surface area contributed by atoms with Crippen LogP contribution in [-0.4, -0.2) is 63.6 Å². The fourth-order valence-electron chi connectivity index (χ4n) is 2.71. The van der Waals surface area contributed by atoms with Gasteiger partial charge in [-0.05, 0) is 38.1 Å². The van der Waals surface area contributed by atoms with E-state index >= 15 is 0 Å². The van der Waals surface area contributed by atoms with Gasteiger partial charge < -0.3 is 14.4 Å². The fourth-order valence-corrected chi connectivity index (χ4v) is 3.70. The van der Waals surface area contributed by atoms with Gasteiger partial charge in [-0.25, -0.2) is 17.9 Å². The van der Waals surface area contributed by atoms with Crippen molar-refractivity contribution < 1.29 is 27.5 Å². The zero-order chi connectivity index (χ0) is 20.0. The summed E-state index contributed by atoms with van der Waals surface area (Å²) in [5, 5.41) is 0. The molecule has 1 aromatic carbocycles. The molecular formula is C18H24N2O6S. The molecule has 0 unspecified atom stereocenters. The van der Waals surface area contributed by atoms with Crippen LogP contribution in [0.15, 0.2) is 41.8 Å². The average molecular weight is 396 g/mol. The van der Waals surface area contributed by atoms with Gasteiger partial charge >= 0.3 is 5.97 Å². The van der Waals surface area contributed by atoms with E-state index in [-0.39, 0.29) is 41.7 Å². The highest BCUT2D eigenvalue weighted by Crippen LogP contribution is 2.13. The van der Waals surface area contributed by atoms with E-state index in [0.717, 1.165) is 0 Å². The number of nitrogens with zero attached hydrogens (tertiary/aromatic N) is 1. The lowest BCUT2D eigenvalue weighted by molar-refractivity contribution is -0.146. The molecule has 1 fully saturated rings. The van der Waals surface area contributed by atoms with Crippen molar-refractivity contribution in [1.29, 1.82) is 0 Å². The third-order valence-electron chi connectivity index (χ3n) is 3.92. The SMILES string of the molecule is C=CCNS(=O)(=O)c1ccc(C(=O)OCC(=O)N2C[C@H](C)O[C@@H](C)C2)cc1. The Morgan fingerprint density at radius 3 is 2.41 bits per heavy atom. The molecule has 0 spiro atoms. The third-order valence-corrected chi connectivity index (χ3v) is 5.36. The van der Waals surface area contributed by atoms with E-state index in [2.05, 4.69) is 11.3 Å². The highest BCUT2D eigenvalue weighted by Gasteiger charge is 2.26. The lowest BCUT2D eigenvalue weighted by atomic mass is 10.2. The zero-order valence-corrected chi connectivity index (χ0v) is 16.2. The standard InChI is InChI=1S/C18H24N2O6S/c1-4-9-19-27(23,24)16-7-5-15(6-8-16)18(22)25-12-17(21)20-10-13(2)26-14(3)11-20/h4-8,13-14,19H,1,9-12H2,2-3H3/t13-,14-/m0/s1. The normalized spacial score (nSPS) is 20.1. The van der Waals surface area contributed by atoms with Gasteiger partial charge in [0.05, 0.1) is 22.7 Å². The Morgan fingerprint density at radius 2 is 1.85 bits per heavy atom. The first-order valence-electron chi connectivity index (χ1n) is 8.54. The van der Waals surface area contributed by atoms with E-state index in [4.69, 9.17) is 9.47 Å². The molecule has 0 aromatic heterocycles. The van der Waals surface area contributed by atoms with Crippen LogP contribution in [0.4, 0.5) is 0 Å². The molecule has 0 saturated carbocycles. The maximum atomic E-state index is 12.2. The number of carbonyl (C=O) groups excluding carboxylic acids is 2. The summed E-state index contributed by atoms with van der Waals surface area (Å²) in [6.45, 7) is 7.83. The minimum absolute atomic E-state index is 0.0215. The molecule has 1 aromatic rings. The van der Waals surface area contributed by atoms with Crippen LogP contribution in [0.3, 0.4) is 0 Å². The molecule has 27 heavy (non-hydrogen) atoms. The van der Waals surface area contributed by atoms with Crippen LogP contribution in [0.2, 0.25) is 0 Å². The molecule has 0 bridgehead atoms. The summed E-state index contributed by atoms with van der Waals surface area (Å²) in [7, 11) is -3.66. The van der Waals surface area contributed by atoms with Gasteiger partial charge in [0.15, 0.2) is 6.61 Å². The second-order valence-corrected chi connectivity index (χ2v) is 8.06. The van der Waals surface area contributed by atoms with Gasteiger partial charge in [-0.3, -0.25) is 4.79 Å². The molecule has 1 saturated heterocycles. The molecule has 0 aliphatic carbocycles. The maximum Gasteiger partial charge on any atom is 0.338 e. The van der Waals surface area contributed by atoms with Crippen LogP contribution in [0.25, 0.3) is 0 Å². The largest absolute Gasteiger partial charge is 0.452 e. The van der Waals surface area contributed by atoms with Crippen molar-refractivity contribution in [1.82, 2.24) is 9.62 Å². The first-order valence-corrected chi connectivity index (χ1v) is 10.0. The Labute approximate surface area is 159 Å². The van der Waals surface area contributed by atoms with Crippen molar-refractivity contribution in [3.63, 3.8) is 0 Å². The lowest BCUT2D eigenvalue weighted by Gasteiger charge is -2.35. The van der Waals surface area contributed by atoms with Gasteiger partial charge in [0.2, 0.25) is 10.0 Å². The van der Waals surface area contributed by atoms with Crippen LogP contribution in [0.5, 0.6) is 0 Å². The van der Waals surface area contributed by atoms with Crippen LogP contribution < -0.4 is 4.72 Å². The number of sulfonamides is 1. The van der Waals surface area contributed by atoms with Gasteiger partial charge in [0.25, 0.3) is 5.91 Å². The van der Waals surface area contributed by atoms with Crippen LogP contribution in [-0.2, 0) is 24.3 Å². The number of esters is 1. The Hall–Kier alpha value is -2.23. The zero-order valence-electron chi connectivity index (χ0n) is 15.4. The monoisotopic (exact) mass is 396 g/mol. The summed E-state index contributed by atoms with van der Waals surface area (Å²) in [5.74, 6) is -0.987. The van der Waals surface area contributed by atoms with E-state index in [1.165, 1.54) is 30.3 Å². The smallest absolute Gasteiger partial charge is 0.338 e. The maximum absolute atomic E-state index is 12.2. The summed E-state index contributed by atoms with van der Waals surface area (Å²) >= 11 is 0. The summed E-state index contributed by atoms with van der Waals surface area (Å²) < 4.78 is 36.9. The molecular weight excluding hydrogens is 372 g/mol. The molecule has 1 heterocycles. The summed E-state index contributed by atoms with van der Waals surface area (Å²) in [4.78, 5) is 25.9. The number of morpholine rings is 1. The molecule has 1 aliphatic rings. The van der Waals surface area contributed by atoms with E-state index in [1.807, 2.05) is 13.8 Å². The van der Waals surface area contributed by atoms with Crippen molar-refractivity contribution in [2.75, 3.05) is 26.2 Å². The third kappa shape index (κ3) is 5.88. The van der Waals surface area contributed by atoms with Crippen molar-refractivity contribution in [3.05, 3.63) is 42.5 Å². The average Bonchev–Trinajstić information content (AvgIpc) is 2.63. The number of hydrogen-bond acceptors (Lipinski definition) is 6. The quantitative estimate of drug-likeness (QED) is 0.544. The topological polar surface area (TPSA) is 102 Å².